The summed E-state index contributed by atoms with van der Waals surface area (Å²) in [6, 6.07) is 0. The van der Waals surface area contributed by atoms with Crippen LogP contribution in [-0.4, -0.2) is 29.3 Å². The molecule has 5 heteroatoms. The van der Waals surface area contributed by atoms with Crippen molar-refractivity contribution in [2.75, 3.05) is 13.2 Å². The van der Waals surface area contributed by atoms with Gasteiger partial charge in [-0.2, -0.15) is 0 Å². The van der Waals surface area contributed by atoms with Crippen molar-refractivity contribution in [3.8, 4) is 0 Å². The SMILES string of the molecule is Cc1ncsc1C1(C(=O)O)CCOCC1. The van der Waals surface area contributed by atoms with Gasteiger partial charge in [-0.1, -0.05) is 0 Å². The Kier molecular flexibility index (Phi) is 2.75. The van der Waals surface area contributed by atoms with Gasteiger partial charge >= 0.3 is 5.97 Å². The third kappa shape index (κ3) is 1.66. The van der Waals surface area contributed by atoms with Crippen LogP contribution in [0.3, 0.4) is 0 Å². The van der Waals surface area contributed by atoms with Gasteiger partial charge in [0.05, 0.1) is 11.2 Å². The number of ether oxygens (including phenoxy) is 1. The molecular formula is C10H13NO3S. The van der Waals surface area contributed by atoms with E-state index >= 15 is 0 Å². The summed E-state index contributed by atoms with van der Waals surface area (Å²) in [4.78, 5) is 16.5. The first-order valence-corrected chi connectivity index (χ1v) is 5.76. The van der Waals surface area contributed by atoms with Crippen molar-refractivity contribution in [1.82, 2.24) is 4.98 Å². The molecule has 1 fully saturated rings. The molecule has 15 heavy (non-hydrogen) atoms. The van der Waals surface area contributed by atoms with E-state index in [1.807, 2.05) is 6.92 Å². The molecule has 0 bridgehead atoms. The smallest absolute Gasteiger partial charge is 0.315 e. The zero-order valence-electron chi connectivity index (χ0n) is 8.52. The zero-order valence-corrected chi connectivity index (χ0v) is 9.34. The van der Waals surface area contributed by atoms with Crippen molar-refractivity contribution in [1.29, 1.82) is 0 Å². The van der Waals surface area contributed by atoms with E-state index in [0.717, 1.165) is 10.6 Å². The molecule has 0 unspecified atom stereocenters. The molecule has 0 amide bonds. The summed E-state index contributed by atoms with van der Waals surface area (Å²) >= 11 is 1.44. The maximum Gasteiger partial charge on any atom is 0.315 e. The van der Waals surface area contributed by atoms with Crippen molar-refractivity contribution >= 4 is 17.3 Å². The van der Waals surface area contributed by atoms with Crippen LogP contribution in [0.25, 0.3) is 0 Å². The van der Waals surface area contributed by atoms with Crippen LogP contribution in [0, 0.1) is 6.92 Å². The highest BCUT2D eigenvalue weighted by molar-refractivity contribution is 7.10. The summed E-state index contributed by atoms with van der Waals surface area (Å²) in [6.07, 6.45) is 1.09. The van der Waals surface area contributed by atoms with Crippen LogP contribution in [0.1, 0.15) is 23.4 Å². The van der Waals surface area contributed by atoms with Crippen molar-refractivity contribution in [2.45, 2.75) is 25.2 Å². The molecule has 0 aromatic carbocycles. The molecule has 82 valence electrons. The first-order chi connectivity index (χ1) is 7.17. The molecule has 0 radical (unpaired) electrons. The fourth-order valence-electron chi connectivity index (χ4n) is 2.02. The highest BCUT2D eigenvalue weighted by Crippen LogP contribution is 2.38. The van der Waals surface area contributed by atoms with Crippen molar-refractivity contribution < 1.29 is 14.6 Å². The quantitative estimate of drug-likeness (QED) is 0.833. The van der Waals surface area contributed by atoms with E-state index in [1.165, 1.54) is 11.3 Å². The molecule has 1 N–H and O–H groups in total. The standard InChI is InChI=1S/C10H13NO3S/c1-7-8(15-6-11-7)10(9(12)13)2-4-14-5-3-10/h6H,2-5H2,1H3,(H,12,13). The number of nitrogens with zero attached hydrogens (tertiary/aromatic N) is 1. The fourth-order valence-corrected chi connectivity index (χ4v) is 3.08. The van der Waals surface area contributed by atoms with E-state index in [-0.39, 0.29) is 0 Å². The van der Waals surface area contributed by atoms with E-state index in [9.17, 15) is 9.90 Å². The third-order valence-corrected chi connectivity index (χ3v) is 4.07. The third-order valence-electron chi connectivity index (χ3n) is 2.94. The average molecular weight is 227 g/mol. The molecule has 1 aliphatic heterocycles. The first-order valence-electron chi connectivity index (χ1n) is 4.88. The number of rotatable bonds is 2. The van der Waals surface area contributed by atoms with Crippen molar-refractivity contribution in [3.63, 3.8) is 0 Å². The Bertz CT molecular complexity index is 368. The second-order valence-electron chi connectivity index (χ2n) is 3.77. The van der Waals surface area contributed by atoms with E-state index in [4.69, 9.17) is 4.74 Å². The van der Waals surface area contributed by atoms with Gasteiger partial charge in [-0.25, -0.2) is 4.98 Å². The van der Waals surface area contributed by atoms with Crippen LogP contribution in [0.15, 0.2) is 5.51 Å². The molecule has 1 aliphatic rings. The lowest BCUT2D eigenvalue weighted by Crippen LogP contribution is -2.41. The first kappa shape index (κ1) is 10.6. The normalized spacial score (nSPS) is 20.1. The number of hydrogen-bond acceptors (Lipinski definition) is 4. The average Bonchev–Trinajstić information content (AvgIpc) is 2.66. The molecule has 1 aromatic rings. The Morgan fingerprint density at radius 3 is 2.73 bits per heavy atom. The molecule has 1 aromatic heterocycles. The maximum absolute atomic E-state index is 11.5. The van der Waals surface area contributed by atoms with Gasteiger partial charge in [0.15, 0.2) is 0 Å². The van der Waals surface area contributed by atoms with Crippen LogP contribution in [-0.2, 0) is 14.9 Å². The second kappa shape index (κ2) is 3.90. The lowest BCUT2D eigenvalue weighted by molar-refractivity contribution is -0.147. The lowest BCUT2D eigenvalue weighted by Gasteiger charge is -2.32. The summed E-state index contributed by atoms with van der Waals surface area (Å²) in [5.74, 6) is -0.752. The largest absolute Gasteiger partial charge is 0.481 e. The monoisotopic (exact) mass is 227 g/mol. The minimum Gasteiger partial charge on any atom is -0.481 e. The van der Waals surface area contributed by atoms with Gasteiger partial charge in [-0.3, -0.25) is 4.79 Å². The van der Waals surface area contributed by atoms with Crippen LogP contribution in [0.4, 0.5) is 0 Å². The van der Waals surface area contributed by atoms with Crippen molar-refractivity contribution in [3.05, 3.63) is 16.1 Å². The Labute approximate surface area is 91.9 Å². The summed E-state index contributed by atoms with van der Waals surface area (Å²) in [5.41, 5.74) is 1.79. The number of aliphatic carboxylic acids is 1. The maximum atomic E-state index is 11.5. The summed E-state index contributed by atoms with van der Waals surface area (Å²) in [5, 5.41) is 9.41. The molecule has 0 atom stereocenters. The minimum absolute atomic E-state index is 0.518. The van der Waals surface area contributed by atoms with Crippen LogP contribution in [0.2, 0.25) is 0 Å². The van der Waals surface area contributed by atoms with E-state index in [1.54, 1.807) is 5.51 Å². The van der Waals surface area contributed by atoms with Crippen LogP contribution >= 0.6 is 11.3 Å². The van der Waals surface area contributed by atoms with Gasteiger partial charge in [0.25, 0.3) is 0 Å². The molecule has 2 rings (SSSR count). The summed E-state index contributed by atoms with van der Waals surface area (Å²) < 4.78 is 5.23. The van der Waals surface area contributed by atoms with E-state index < -0.39 is 11.4 Å². The van der Waals surface area contributed by atoms with Crippen LogP contribution < -0.4 is 0 Å². The summed E-state index contributed by atoms with van der Waals surface area (Å²) in [6.45, 7) is 2.90. The Hall–Kier alpha value is -0.940. The molecule has 0 aliphatic carbocycles. The molecule has 1 saturated heterocycles. The number of carboxylic acid groups (broad SMARTS) is 1. The number of carboxylic acids is 1. The number of hydrogen-bond donors (Lipinski definition) is 1. The van der Waals surface area contributed by atoms with Gasteiger partial charge in [0.1, 0.15) is 5.41 Å². The van der Waals surface area contributed by atoms with Gasteiger partial charge in [0.2, 0.25) is 0 Å². The minimum atomic E-state index is -0.760. The molecule has 4 nitrogen and oxygen atoms in total. The zero-order chi connectivity index (χ0) is 10.9. The molecule has 2 heterocycles. The van der Waals surface area contributed by atoms with Gasteiger partial charge in [-0.15, -0.1) is 11.3 Å². The molecule has 0 saturated carbocycles. The van der Waals surface area contributed by atoms with Crippen molar-refractivity contribution in [2.24, 2.45) is 0 Å². The number of carbonyl (C=O) groups is 1. The molecular weight excluding hydrogens is 214 g/mol. The topological polar surface area (TPSA) is 59.4 Å². The van der Waals surface area contributed by atoms with Gasteiger partial charge < -0.3 is 9.84 Å². The highest BCUT2D eigenvalue weighted by Gasteiger charge is 2.44. The van der Waals surface area contributed by atoms with E-state index in [2.05, 4.69) is 4.98 Å². The predicted octanol–water partition coefficient (Wildman–Crippen LogP) is 1.58. The predicted molar refractivity (Wildman–Crippen MR) is 56.2 cm³/mol. The number of aryl methyl sites for hydroxylation is 1. The number of aromatic nitrogens is 1. The highest BCUT2D eigenvalue weighted by atomic mass is 32.1. The second-order valence-corrected chi connectivity index (χ2v) is 4.62. The van der Waals surface area contributed by atoms with Crippen LogP contribution in [0.5, 0.6) is 0 Å². The summed E-state index contributed by atoms with van der Waals surface area (Å²) in [7, 11) is 0. The number of thiazole rings is 1. The lowest BCUT2D eigenvalue weighted by atomic mass is 9.78. The Morgan fingerprint density at radius 1 is 1.60 bits per heavy atom. The van der Waals surface area contributed by atoms with Gasteiger partial charge in [-0.05, 0) is 19.8 Å². The van der Waals surface area contributed by atoms with E-state index in [0.29, 0.717) is 26.1 Å². The Balaban J connectivity index is 2.42. The van der Waals surface area contributed by atoms with Gasteiger partial charge in [0, 0.05) is 18.1 Å². The Morgan fingerprint density at radius 2 is 2.27 bits per heavy atom. The fraction of sp³-hybridized carbons (Fsp3) is 0.600. The molecule has 0 spiro atoms.